The van der Waals surface area contributed by atoms with E-state index in [2.05, 4.69) is 46.4 Å². The number of hydrogen-bond acceptors (Lipinski definition) is 2. The van der Waals surface area contributed by atoms with Crippen molar-refractivity contribution in [3.63, 3.8) is 0 Å². The van der Waals surface area contributed by atoms with E-state index in [-0.39, 0.29) is 0 Å². The molecule has 0 amide bonds. The van der Waals surface area contributed by atoms with Gasteiger partial charge in [-0.2, -0.15) is 0 Å². The maximum Gasteiger partial charge on any atom is 0.0191 e. The average molecular weight is 214 g/mol. The van der Waals surface area contributed by atoms with Crippen LogP contribution in [0.25, 0.3) is 0 Å². The molecule has 2 nitrogen and oxygen atoms in total. The zero-order valence-electron chi connectivity index (χ0n) is 11.5. The summed E-state index contributed by atoms with van der Waals surface area (Å²) in [6.07, 6.45) is 0. The molecule has 1 atom stereocenters. The molecule has 0 aliphatic rings. The van der Waals surface area contributed by atoms with E-state index in [4.69, 9.17) is 5.73 Å². The lowest BCUT2D eigenvalue weighted by molar-refractivity contribution is 0.195. The van der Waals surface area contributed by atoms with Crippen LogP contribution >= 0.6 is 0 Å². The van der Waals surface area contributed by atoms with Crippen LogP contribution < -0.4 is 5.73 Å². The fraction of sp³-hybridized carbons (Fsp3) is 1.00. The summed E-state index contributed by atoms with van der Waals surface area (Å²) in [5.74, 6) is 2.03. The summed E-state index contributed by atoms with van der Waals surface area (Å²) in [7, 11) is 0. The lowest BCUT2D eigenvalue weighted by atomic mass is 10.0. The molecule has 0 aromatic carbocycles. The SMILES string of the molecule is CC(C)CN(CC(C)C)CC(N)C(C)C. The van der Waals surface area contributed by atoms with Gasteiger partial charge < -0.3 is 10.6 Å². The maximum atomic E-state index is 6.13. The molecule has 0 aromatic heterocycles. The van der Waals surface area contributed by atoms with Crippen molar-refractivity contribution >= 4 is 0 Å². The summed E-state index contributed by atoms with van der Waals surface area (Å²) in [6, 6.07) is 0.308. The maximum absolute atomic E-state index is 6.13. The van der Waals surface area contributed by atoms with Crippen LogP contribution in [0.15, 0.2) is 0 Å². The Morgan fingerprint density at radius 1 is 0.800 bits per heavy atom. The predicted molar refractivity (Wildman–Crippen MR) is 68.9 cm³/mol. The topological polar surface area (TPSA) is 29.3 Å². The van der Waals surface area contributed by atoms with Gasteiger partial charge in [-0.05, 0) is 17.8 Å². The molecule has 0 fully saturated rings. The number of nitrogens with zero attached hydrogens (tertiary/aromatic N) is 1. The van der Waals surface area contributed by atoms with Crippen molar-refractivity contribution in [2.45, 2.75) is 47.6 Å². The van der Waals surface area contributed by atoms with Crippen molar-refractivity contribution in [3.8, 4) is 0 Å². The van der Waals surface area contributed by atoms with Gasteiger partial charge in [0.2, 0.25) is 0 Å². The van der Waals surface area contributed by atoms with Gasteiger partial charge in [-0.3, -0.25) is 0 Å². The Bertz CT molecular complexity index is 143. The van der Waals surface area contributed by atoms with Crippen LogP contribution in [0.1, 0.15) is 41.5 Å². The van der Waals surface area contributed by atoms with Crippen molar-refractivity contribution in [1.82, 2.24) is 4.90 Å². The molecule has 0 bridgehead atoms. The third kappa shape index (κ3) is 7.80. The van der Waals surface area contributed by atoms with Crippen LogP contribution in [-0.4, -0.2) is 30.6 Å². The summed E-state index contributed by atoms with van der Waals surface area (Å²) in [5, 5.41) is 0. The Morgan fingerprint density at radius 3 is 1.47 bits per heavy atom. The molecule has 0 aliphatic heterocycles. The van der Waals surface area contributed by atoms with Gasteiger partial charge in [0.1, 0.15) is 0 Å². The van der Waals surface area contributed by atoms with Gasteiger partial charge in [0.05, 0.1) is 0 Å². The second kappa shape index (κ2) is 7.24. The first-order valence-corrected chi connectivity index (χ1v) is 6.30. The van der Waals surface area contributed by atoms with E-state index in [9.17, 15) is 0 Å². The van der Waals surface area contributed by atoms with Crippen LogP contribution in [0, 0.1) is 17.8 Å². The highest BCUT2D eigenvalue weighted by Crippen LogP contribution is 2.07. The number of rotatable bonds is 7. The van der Waals surface area contributed by atoms with Gasteiger partial charge in [0.15, 0.2) is 0 Å². The highest BCUT2D eigenvalue weighted by molar-refractivity contribution is 4.72. The van der Waals surface area contributed by atoms with Crippen molar-refractivity contribution in [2.75, 3.05) is 19.6 Å². The molecule has 0 saturated carbocycles. The molecule has 0 radical (unpaired) electrons. The molecule has 0 aromatic rings. The minimum atomic E-state index is 0.308. The molecular weight excluding hydrogens is 184 g/mol. The van der Waals surface area contributed by atoms with Crippen LogP contribution in [0.5, 0.6) is 0 Å². The van der Waals surface area contributed by atoms with Crippen LogP contribution in [0.3, 0.4) is 0 Å². The molecular formula is C13H30N2. The second-order valence-corrected chi connectivity index (χ2v) is 5.91. The number of nitrogens with two attached hydrogens (primary N) is 1. The molecule has 0 spiro atoms. The molecule has 0 rings (SSSR count). The summed E-state index contributed by atoms with van der Waals surface area (Å²) in [5.41, 5.74) is 6.13. The molecule has 0 heterocycles. The van der Waals surface area contributed by atoms with E-state index in [1.54, 1.807) is 0 Å². The van der Waals surface area contributed by atoms with Crippen molar-refractivity contribution in [1.29, 1.82) is 0 Å². The molecule has 15 heavy (non-hydrogen) atoms. The highest BCUT2D eigenvalue weighted by Gasteiger charge is 2.15. The standard InChI is InChI=1S/C13H30N2/c1-10(2)7-15(8-11(3)4)9-13(14)12(5)6/h10-13H,7-9,14H2,1-6H3. The Hall–Kier alpha value is -0.0800. The Labute approximate surface area is 96.2 Å². The Kier molecular flexibility index (Phi) is 7.20. The smallest absolute Gasteiger partial charge is 0.0191 e. The second-order valence-electron chi connectivity index (χ2n) is 5.91. The monoisotopic (exact) mass is 214 g/mol. The molecule has 92 valence electrons. The Balaban J connectivity index is 4.11. The average Bonchev–Trinajstić information content (AvgIpc) is 2.00. The van der Waals surface area contributed by atoms with Crippen LogP contribution in [-0.2, 0) is 0 Å². The van der Waals surface area contributed by atoms with Crippen molar-refractivity contribution in [2.24, 2.45) is 23.5 Å². The number of hydrogen-bond donors (Lipinski definition) is 1. The van der Waals surface area contributed by atoms with E-state index in [1.165, 1.54) is 13.1 Å². The van der Waals surface area contributed by atoms with E-state index in [0.717, 1.165) is 18.4 Å². The minimum absolute atomic E-state index is 0.308. The van der Waals surface area contributed by atoms with Crippen LogP contribution in [0.2, 0.25) is 0 Å². The zero-order chi connectivity index (χ0) is 12.0. The normalized spacial score (nSPS) is 14.6. The largest absolute Gasteiger partial charge is 0.326 e. The Morgan fingerprint density at radius 2 is 1.20 bits per heavy atom. The molecule has 2 N–H and O–H groups in total. The van der Waals surface area contributed by atoms with E-state index in [1.807, 2.05) is 0 Å². The fourth-order valence-electron chi connectivity index (χ4n) is 1.77. The lowest BCUT2D eigenvalue weighted by Crippen LogP contribution is -2.43. The summed E-state index contributed by atoms with van der Waals surface area (Å²) in [6.45, 7) is 16.9. The summed E-state index contributed by atoms with van der Waals surface area (Å²) in [4.78, 5) is 2.51. The van der Waals surface area contributed by atoms with Crippen molar-refractivity contribution in [3.05, 3.63) is 0 Å². The fourth-order valence-corrected chi connectivity index (χ4v) is 1.77. The van der Waals surface area contributed by atoms with Gasteiger partial charge in [0.25, 0.3) is 0 Å². The first kappa shape index (κ1) is 14.9. The third-order valence-corrected chi connectivity index (χ3v) is 2.57. The van der Waals surface area contributed by atoms with Crippen molar-refractivity contribution < 1.29 is 0 Å². The third-order valence-electron chi connectivity index (χ3n) is 2.57. The molecule has 2 heteroatoms. The van der Waals surface area contributed by atoms with Gasteiger partial charge in [-0.15, -0.1) is 0 Å². The molecule has 0 saturated heterocycles. The summed E-state index contributed by atoms with van der Waals surface area (Å²) < 4.78 is 0. The molecule has 0 aliphatic carbocycles. The molecule has 1 unspecified atom stereocenters. The van der Waals surface area contributed by atoms with E-state index < -0.39 is 0 Å². The first-order valence-electron chi connectivity index (χ1n) is 6.30. The van der Waals surface area contributed by atoms with E-state index in [0.29, 0.717) is 12.0 Å². The zero-order valence-corrected chi connectivity index (χ0v) is 11.5. The van der Waals surface area contributed by atoms with Gasteiger partial charge >= 0.3 is 0 Å². The summed E-state index contributed by atoms with van der Waals surface area (Å²) >= 11 is 0. The lowest BCUT2D eigenvalue weighted by Gasteiger charge is -2.30. The quantitative estimate of drug-likeness (QED) is 0.706. The predicted octanol–water partition coefficient (Wildman–Crippen LogP) is 2.58. The van der Waals surface area contributed by atoms with Crippen LogP contribution in [0.4, 0.5) is 0 Å². The van der Waals surface area contributed by atoms with Gasteiger partial charge in [-0.25, -0.2) is 0 Å². The van der Waals surface area contributed by atoms with E-state index >= 15 is 0 Å². The first-order chi connectivity index (χ1) is 6.82. The minimum Gasteiger partial charge on any atom is -0.326 e. The van der Waals surface area contributed by atoms with Gasteiger partial charge in [-0.1, -0.05) is 41.5 Å². The van der Waals surface area contributed by atoms with Gasteiger partial charge in [0, 0.05) is 25.7 Å². The highest BCUT2D eigenvalue weighted by atomic mass is 15.1.